The summed E-state index contributed by atoms with van der Waals surface area (Å²) >= 11 is 3.51. The van der Waals surface area contributed by atoms with Gasteiger partial charge < -0.3 is 9.64 Å². The summed E-state index contributed by atoms with van der Waals surface area (Å²) in [5.41, 5.74) is 0. The normalized spacial score (nSPS) is 10.9. The number of aromatic nitrogens is 2. The molecule has 0 aliphatic heterocycles. The lowest BCUT2D eigenvalue weighted by molar-refractivity contribution is 0.202. The molecule has 0 saturated heterocycles. The molecule has 96 valence electrons. The van der Waals surface area contributed by atoms with Crippen LogP contribution in [0.25, 0.3) is 0 Å². The van der Waals surface area contributed by atoms with Gasteiger partial charge in [0.15, 0.2) is 0 Å². The molecule has 1 heterocycles. The summed E-state index contributed by atoms with van der Waals surface area (Å²) < 4.78 is 6.11. The van der Waals surface area contributed by atoms with Crippen LogP contribution in [0.15, 0.2) is 17.0 Å². The second-order valence-electron chi connectivity index (χ2n) is 3.85. The molecule has 1 aromatic heterocycles. The van der Waals surface area contributed by atoms with Crippen LogP contribution in [-0.4, -0.2) is 36.3 Å². The minimum absolute atomic E-state index is 0.483. The van der Waals surface area contributed by atoms with Crippen molar-refractivity contribution in [2.24, 2.45) is 0 Å². The van der Waals surface area contributed by atoms with Gasteiger partial charge >= 0.3 is 0 Å². The van der Waals surface area contributed by atoms with E-state index < -0.39 is 0 Å². The first-order valence-corrected chi connectivity index (χ1v) is 6.74. The fourth-order valence-electron chi connectivity index (χ4n) is 1.90. The number of anilines is 1. The van der Waals surface area contributed by atoms with Crippen LogP contribution in [-0.2, 0) is 4.74 Å². The molecule has 0 amide bonds. The zero-order valence-electron chi connectivity index (χ0n) is 10.7. The minimum atomic E-state index is 0.483. The lowest BCUT2D eigenvalue weighted by Crippen LogP contribution is -2.38. The van der Waals surface area contributed by atoms with Gasteiger partial charge in [0, 0.05) is 25.9 Å². The van der Waals surface area contributed by atoms with Crippen LogP contribution in [0, 0.1) is 0 Å². The van der Waals surface area contributed by atoms with Gasteiger partial charge in [-0.3, -0.25) is 0 Å². The number of rotatable bonds is 7. The Balaban J connectivity index is 2.92. The molecule has 0 N–H and O–H groups in total. The third-order valence-corrected chi connectivity index (χ3v) is 3.40. The molecule has 0 unspecified atom stereocenters. The minimum Gasteiger partial charge on any atom is -0.383 e. The molecule has 0 fully saturated rings. The van der Waals surface area contributed by atoms with E-state index in [9.17, 15) is 0 Å². The Hall–Kier alpha value is -0.680. The number of ether oxygens (including phenoxy) is 1. The largest absolute Gasteiger partial charge is 0.383 e. The molecule has 1 aromatic rings. The molecule has 1 rings (SSSR count). The predicted octanol–water partition coefficient (Wildman–Crippen LogP) is 2.88. The summed E-state index contributed by atoms with van der Waals surface area (Å²) in [7, 11) is 1.72. The molecular weight excluding hydrogens is 282 g/mol. The number of halogens is 1. The van der Waals surface area contributed by atoms with Gasteiger partial charge in [0.1, 0.15) is 12.1 Å². The summed E-state index contributed by atoms with van der Waals surface area (Å²) in [4.78, 5) is 10.7. The molecule has 0 saturated carbocycles. The molecule has 0 atom stereocenters. The van der Waals surface area contributed by atoms with Crippen LogP contribution in [0.5, 0.6) is 0 Å². The van der Waals surface area contributed by atoms with Crippen molar-refractivity contribution in [3.8, 4) is 0 Å². The van der Waals surface area contributed by atoms with E-state index in [0.29, 0.717) is 12.6 Å². The first-order valence-electron chi connectivity index (χ1n) is 5.95. The van der Waals surface area contributed by atoms with E-state index >= 15 is 0 Å². The number of methoxy groups -OCH3 is 1. The molecule has 0 aliphatic rings. The van der Waals surface area contributed by atoms with Crippen molar-refractivity contribution in [3.05, 3.63) is 17.0 Å². The van der Waals surface area contributed by atoms with Crippen LogP contribution in [0.3, 0.4) is 0 Å². The van der Waals surface area contributed by atoms with Crippen LogP contribution >= 0.6 is 15.9 Å². The average molecular weight is 302 g/mol. The van der Waals surface area contributed by atoms with Gasteiger partial charge in [-0.15, -0.1) is 0 Å². The monoisotopic (exact) mass is 301 g/mol. The Labute approximate surface area is 112 Å². The van der Waals surface area contributed by atoms with E-state index in [2.05, 4.69) is 44.6 Å². The first kappa shape index (κ1) is 14.4. The highest BCUT2D eigenvalue weighted by molar-refractivity contribution is 9.10. The highest BCUT2D eigenvalue weighted by atomic mass is 79.9. The van der Waals surface area contributed by atoms with Crippen molar-refractivity contribution >= 4 is 21.7 Å². The lowest BCUT2D eigenvalue weighted by atomic mass is 10.1. The zero-order chi connectivity index (χ0) is 12.7. The molecule has 0 aliphatic carbocycles. The standard InChI is InChI=1S/C12H20BrN3O/c1-4-10(5-2)16(6-7-17-3)12-11(13)8-14-9-15-12/h8-10H,4-7H2,1-3H3. The first-order chi connectivity index (χ1) is 8.24. The van der Waals surface area contributed by atoms with Crippen LogP contribution in [0.1, 0.15) is 26.7 Å². The molecular formula is C12H20BrN3O. The topological polar surface area (TPSA) is 38.2 Å². The van der Waals surface area contributed by atoms with Gasteiger partial charge in [0.2, 0.25) is 0 Å². The van der Waals surface area contributed by atoms with Crippen molar-refractivity contribution < 1.29 is 4.74 Å². The Bertz CT molecular complexity index is 331. The van der Waals surface area contributed by atoms with Gasteiger partial charge in [0.05, 0.1) is 11.1 Å². The van der Waals surface area contributed by atoms with Crippen molar-refractivity contribution in [1.29, 1.82) is 0 Å². The smallest absolute Gasteiger partial charge is 0.146 e. The van der Waals surface area contributed by atoms with Crippen LogP contribution < -0.4 is 4.90 Å². The second-order valence-corrected chi connectivity index (χ2v) is 4.71. The molecule has 0 bridgehead atoms. The van der Waals surface area contributed by atoms with Crippen molar-refractivity contribution in [3.63, 3.8) is 0 Å². The van der Waals surface area contributed by atoms with Gasteiger partial charge in [-0.05, 0) is 28.8 Å². The molecule has 4 nitrogen and oxygen atoms in total. The quantitative estimate of drug-likeness (QED) is 0.776. The summed E-state index contributed by atoms with van der Waals surface area (Å²) in [5.74, 6) is 0.950. The Morgan fingerprint density at radius 3 is 2.65 bits per heavy atom. The van der Waals surface area contributed by atoms with Crippen LogP contribution in [0.2, 0.25) is 0 Å². The summed E-state index contributed by atoms with van der Waals surface area (Å²) in [5, 5.41) is 0. The van der Waals surface area contributed by atoms with Crippen LogP contribution in [0.4, 0.5) is 5.82 Å². The van der Waals surface area contributed by atoms with Gasteiger partial charge in [0.25, 0.3) is 0 Å². The zero-order valence-corrected chi connectivity index (χ0v) is 12.3. The number of hydrogen-bond donors (Lipinski definition) is 0. The lowest BCUT2D eigenvalue weighted by Gasteiger charge is -2.31. The maximum absolute atomic E-state index is 5.17. The Morgan fingerprint density at radius 2 is 2.12 bits per heavy atom. The molecule has 0 radical (unpaired) electrons. The number of nitrogens with zero attached hydrogens (tertiary/aromatic N) is 3. The highest BCUT2D eigenvalue weighted by Gasteiger charge is 2.18. The van der Waals surface area contributed by atoms with Crippen molar-refractivity contribution in [1.82, 2.24) is 9.97 Å². The van der Waals surface area contributed by atoms with E-state index in [1.165, 1.54) is 0 Å². The maximum atomic E-state index is 5.17. The van der Waals surface area contributed by atoms with E-state index in [1.54, 1.807) is 19.6 Å². The van der Waals surface area contributed by atoms with E-state index in [0.717, 1.165) is 29.7 Å². The summed E-state index contributed by atoms with van der Waals surface area (Å²) in [6.45, 7) is 5.94. The second kappa shape index (κ2) is 7.61. The average Bonchev–Trinajstić information content (AvgIpc) is 2.36. The fraction of sp³-hybridized carbons (Fsp3) is 0.667. The van der Waals surface area contributed by atoms with Gasteiger partial charge in [-0.2, -0.15) is 0 Å². The van der Waals surface area contributed by atoms with E-state index in [1.807, 2.05) is 0 Å². The third-order valence-electron chi connectivity index (χ3n) is 2.84. The summed E-state index contributed by atoms with van der Waals surface area (Å²) in [6.07, 6.45) is 5.56. The predicted molar refractivity (Wildman–Crippen MR) is 73.3 cm³/mol. The van der Waals surface area contributed by atoms with Crippen molar-refractivity contribution in [2.75, 3.05) is 25.2 Å². The van der Waals surface area contributed by atoms with Gasteiger partial charge in [-0.1, -0.05) is 13.8 Å². The van der Waals surface area contributed by atoms with Crippen molar-refractivity contribution in [2.45, 2.75) is 32.7 Å². The highest BCUT2D eigenvalue weighted by Crippen LogP contribution is 2.25. The fourth-order valence-corrected chi connectivity index (χ4v) is 2.35. The van der Waals surface area contributed by atoms with Gasteiger partial charge in [-0.25, -0.2) is 9.97 Å². The molecule has 5 heteroatoms. The third kappa shape index (κ3) is 3.92. The molecule has 17 heavy (non-hydrogen) atoms. The Kier molecular flexibility index (Phi) is 6.44. The maximum Gasteiger partial charge on any atom is 0.146 e. The van der Waals surface area contributed by atoms with E-state index in [4.69, 9.17) is 4.74 Å². The molecule has 0 spiro atoms. The summed E-state index contributed by atoms with van der Waals surface area (Å²) in [6, 6.07) is 0.483. The number of hydrogen-bond acceptors (Lipinski definition) is 4. The SMILES string of the molecule is CCC(CC)N(CCOC)c1ncncc1Br. The Morgan fingerprint density at radius 1 is 1.41 bits per heavy atom. The van der Waals surface area contributed by atoms with E-state index in [-0.39, 0.29) is 0 Å². The molecule has 0 aromatic carbocycles.